The number of amides is 2. The summed E-state index contributed by atoms with van der Waals surface area (Å²) in [5.41, 5.74) is 5.57. The monoisotopic (exact) mass is 359 g/mol. The lowest BCUT2D eigenvalue weighted by atomic mass is 9.81. The Morgan fingerprint density at radius 1 is 1.21 bits per heavy atom. The fourth-order valence-electron chi connectivity index (χ4n) is 3.84. The highest BCUT2D eigenvalue weighted by Gasteiger charge is 2.44. The van der Waals surface area contributed by atoms with Crippen molar-refractivity contribution >= 4 is 24.2 Å². The summed E-state index contributed by atoms with van der Waals surface area (Å²) in [6.07, 6.45) is 6.37. The molecule has 0 bridgehead atoms. The smallest absolute Gasteiger partial charge is 0.226 e. The second-order valence-electron chi connectivity index (χ2n) is 7.37. The van der Waals surface area contributed by atoms with E-state index >= 15 is 0 Å². The summed E-state index contributed by atoms with van der Waals surface area (Å²) >= 11 is 0. The zero-order valence-electron chi connectivity index (χ0n) is 14.3. The standard InChI is InChI=1S/C17H29N3O3.ClH/c18-14(13-3-4-13)12-19-16(22)17(5-1-2-6-17)11-15(21)20-7-9-23-10-8-20;/h13-14H,1-12,18H2,(H,19,22);1H. The lowest BCUT2D eigenvalue weighted by Crippen LogP contribution is -2.48. The maximum Gasteiger partial charge on any atom is 0.226 e. The second-order valence-corrected chi connectivity index (χ2v) is 7.37. The van der Waals surface area contributed by atoms with E-state index in [9.17, 15) is 9.59 Å². The summed E-state index contributed by atoms with van der Waals surface area (Å²) in [6, 6.07) is 0.0624. The summed E-state index contributed by atoms with van der Waals surface area (Å²) in [5.74, 6) is 0.703. The van der Waals surface area contributed by atoms with Gasteiger partial charge >= 0.3 is 0 Å². The molecule has 3 fully saturated rings. The maximum absolute atomic E-state index is 12.8. The van der Waals surface area contributed by atoms with Gasteiger partial charge < -0.3 is 20.7 Å². The number of nitrogens with zero attached hydrogens (tertiary/aromatic N) is 1. The highest BCUT2D eigenvalue weighted by molar-refractivity contribution is 5.89. The lowest BCUT2D eigenvalue weighted by molar-refractivity contribution is -0.143. The molecule has 24 heavy (non-hydrogen) atoms. The molecule has 2 saturated carbocycles. The first-order valence-corrected chi connectivity index (χ1v) is 9.00. The van der Waals surface area contributed by atoms with E-state index in [1.807, 2.05) is 4.90 Å². The van der Waals surface area contributed by atoms with Crippen molar-refractivity contribution in [1.82, 2.24) is 10.2 Å². The molecule has 138 valence electrons. The number of nitrogens with two attached hydrogens (primary N) is 1. The number of hydrogen-bond donors (Lipinski definition) is 2. The molecule has 7 heteroatoms. The number of hydrogen-bond acceptors (Lipinski definition) is 4. The van der Waals surface area contributed by atoms with Crippen LogP contribution in [0.25, 0.3) is 0 Å². The molecule has 0 aromatic rings. The number of carbonyl (C=O) groups is 2. The van der Waals surface area contributed by atoms with Crippen LogP contribution in [-0.4, -0.2) is 55.6 Å². The molecule has 6 nitrogen and oxygen atoms in total. The summed E-state index contributed by atoms with van der Waals surface area (Å²) in [5, 5.41) is 3.04. The van der Waals surface area contributed by atoms with E-state index < -0.39 is 5.41 Å². The van der Waals surface area contributed by atoms with E-state index in [-0.39, 0.29) is 30.3 Å². The van der Waals surface area contributed by atoms with Crippen LogP contribution in [0.5, 0.6) is 0 Å². The average molecular weight is 360 g/mol. The molecular weight excluding hydrogens is 330 g/mol. The van der Waals surface area contributed by atoms with Crippen molar-refractivity contribution in [3.05, 3.63) is 0 Å². The maximum atomic E-state index is 12.8. The molecule has 0 spiro atoms. The normalized spacial score (nSPS) is 24.1. The van der Waals surface area contributed by atoms with Crippen molar-refractivity contribution in [3.8, 4) is 0 Å². The molecule has 0 aromatic heterocycles. The first-order valence-electron chi connectivity index (χ1n) is 9.00. The van der Waals surface area contributed by atoms with Gasteiger partial charge in [-0.15, -0.1) is 12.4 Å². The molecule has 3 rings (SSSR count). The Balaban J connectivity index is 0.00000208. The topological polar surface area (TPSA) is 84.7 Å². The van der Waals surface area contributed by atoms with Crippen molar-refractivity contribution in [2.45, 2.75) is 51.0 Å². The highest BCUT2D eigenvalue weighted by Crippen LogP contribution is 2.42. The van der Waals surface area contributed by atoms with E-state index in [1.165, 1.54) is 12.8 Å². The van der Waals surface area contributed by atoms with Crippen LogP contribution < -0.4 is 11.1 Å². The van der Waals surface area contributed by atoms with Crippen molar-refractivity contribution in [3.63, 3.8) is 0 Å². The predicted octanol–water partition coefficient (Wildman–Crippen LogP) is 1.07. The Kier molecular flexibility index (Phi) is 6.89. The molecule has 1 saturated heterocycles. The Morgan fingerprint density at radius 3 is 2.42 bits per heavy atom. The Labute approximate surface area is 150 Å². The van der Waals surface area contributed by atoms with Crippen LogP contribution in [-0.2, 0) is 14.3 Å². The molecule has 2 aliphatic carbocycles. The average Bonchev–Trinajstić information content (AvgIpc) is 3.33. The van der Waals surface area contributed by atoms with Crippen LogP contribution in [0.4, 0.5) is 0 Å². The molecule has 0 radical (unpaired) electrons. The van der Waals surface area contributed by atoms with E-state index in [1.54, 1.807) is 0 Å². The molecule has 1 atom stereocenters. The number of morpholine rings is 1. The number of rotatable bonds is 6. The molecule has 0 aromatic carbocycles. The van der Waals surface area contributed by atoms with Crippen molar-refractivity contribution in [2.24, 2.45) is 17.1 Å². The van der Waals surface area contributed by atoms with Crippen LogP contribution in [0.15, 0.2) is 0 Å². The van der Waals surface area contributed by atoms with Gasteiger partial charge in [0.15, 0.2) is 0 Å². The van der Waals surface area contributed by atoms with E-state index in [0.29, 0.717) is 45.2 Å². The summed E-state index contributed by atoms with van der Waals surface area (Å²) < 4.78 is 5.30. The minimum absolute atomic E-state index is 0. The predicted molar refractivity (Wildman–Crippen MR) is 93.9 cm³/mol. The minimum atomic E-state index is -0.515. The lowest BCUT2D eigenvalue weighted by Gasteiger charge is -2.32. The van der Waals surface area contributed by atoms with Gasteiger partial charge in [0.1, 0.15) is 0 Å². The summed E-state index contributed by atoms with van der Waals surface area (Å²) in [4.78, 5) is 27.2. The van der Waals surface area contributed by atoms with E-state index in [4.69, 9.17) is 10.5 Å². The fraction of sp³-hybridized carbons (Fsp3) is 0.882. The van der Waals surface area contributed by atoms with Crippen LogP contribution >= 0.6 is 12.4 Å². The number of halogens is 1. The van der Waals surface area contributed by atoms with Crippen molar-refractivity contribution in [1.29, 1.82) is 0 Å². The van der Waals surface area contributed by atoms with Crippen LogP contribution in [0.1, 0.15) is 44.9 Å². The Morgan fingerprint density at radius 2 is 1.83 bits per heavy atom. The summed E-state index contributed by atoms with van der Waals surface area (Å²) in [6.45, 7) is 3.02. The van der Waals surface area contributed by atoms with Gasteiger partial charge in [0, 0.05) is 32.1 Å². The number of nitrogens with one attached hydrogen (secondary N) is 1. The van der Waals surface area contributed by atoms with Gasteiger partial charge in [0.25, 0.3) is 0 Å². The van der Waals surface area contributed by atoms with Crippen LogP contribution in [0.3, 0.4) is 0 Å². The van der Waals surface area contributed by atoms with Gasteiger partial charge in [0.2, 0.25) is 11.8 Å². The summed E-state index contributed by atoms with van der Waals surface area (Å²) in [7, 11) is 0. The quantitative estimate of drug-likeness (QED) is 0.743. The van der Waals surface area contributed by atoms with E-state index in [2.05, 4.69) is 5.32 Å². The third-order valence-corrected chi connectivity index (χ3v) is 5.62. The van der Waals surface area contributed by atoms with Gasteiger partial charge in [-0.05, 0) is 31.6 Å². The Hall–Kier alpha value is -0.850. The van der Waals surface area contributed by atoms with Gasteiger partial charge in [-0.1, -0.05) is 12.8 Å². The van der Waals surface area contributed by atoms with Crippen molar-refractivity contribution < 1.29 is 14.3 Å². The van der Waals surface area contributed by atoms with Crippen LogP contribution in [0, 0.1) is 11.3 Å². The third kappa shape index (κ3) is 4.61. The largest absolute Gasteiger partial charge is 0.378 e. The first-order chi connectivity index (χ1) is 11.1. The zero-order valence-corrected chi connectivity index (χ0v) is 15.1. The first kappa shape index (κ1) is 19.5. The van der Waals surface area contributed by atoms with Crippen LogP contribution in [0.2, 0.25) is 0 Å². The molecule has 2 amide bonds. The highest BCUT2D eigenvalue weighted by atomic mass is 35.5. The molecule has 1 unspecified atom stereocenters. The molecule has 1 heterocycles. The van der Waals surface area contributed by atoms with Gasteiger partial charge in [0.05, 0.1) is 18.6 Å². The zero-order chi connectivity index (χ0) is 16.3. The second kappa shape index (κ2) is 8.50. The molecule has 3 aliphatic rings. The van der Waals surface area contributed by atoms with Crippen molar-refractivity contribution in [2.75, 3.05) is 32.8 Å². The van der Waals surface area contributed by atoms with Gasteiger partial charge in [-0.2, -0.15) is 0 Å². The third-order valence-electron chi connectivity index (χ3n) is 5.62. The van der Waals surface area contributed by atoms with Gasteiger partial charge in [-0.25, -0.2) is 0 Å². The van der Waals surface area contributed by atoms with Gasteiger partial charge in [-0.3, -0.25) is 9.59 Å². The molecular formula is C17H30ClN3O3. The number of ether oxygens (including phenoxy) is 1. The SMILES string of the molecule is Cl.NC(CNC(=O)C1(CC(=O)N2CCOCC2)CCCC1)C1CC1. The number of carbonyl (C=O) groups excluding carboxylic acids is 2. The Bertz CT molecular complexity index is 444. The molecule has 3 N–H and O–H groups in total. The fourth-order valence-corrected chi connectivity index (χ4v) is 3.84. The minimum Gasteiger partial charge on any atom is -0.378 e. The van der Waals surface area contributed by atoms with E-state index in [0.717, 1.165) is 25.7 Å². The molecule has 1 aliphatic heterocycles.